The minimum Gasteiger partial charge on any atom is -0.480 e. The number of carboxylic acid groups (broad SMARTS) is 1. The minimum atomic E-state index is -0.850. The zero-order valence-corrected chi connectivity index (χ0v) is 14.6. The molecule has 0 radical (unpaired) electrons. The van der Waals surface area contributed by atoms with Gasteiger partial charge >= 0.3 is 5.97 Å². The Morgan fingerprint density at radius 2 is 2.08 bits per heavy atom. The fourth-order valence-corrected chi connectivity index (χ4v) is 4.52. The predicted molar refractivity (Wildman–Crippen MR) is 99.7 cm³/mol. The number of rotatable bonds is 4. The summed E-state index contributed by atoms with van der Waals surface area (Å²) in [5.41, 5.74) is 3.03. The van der Waals surface area contributed by atoms with Gasteiger partial charge in [-0.2, -0.15) is 0 Å². The number of aliphatic carboxylic acids is 1. The lowest BCUT2D eigenvalue weighted by Gasteiger charge is -2.30. The summed E-state index contributed by atoms with van der Waals surface area (Å²) in [7, 11) is 0. The zero-order chi connectivity index (χ0) is 16.7. The normalized spacial score (nSPS) is 14.2. The third kappa shape index (κ3) is 2.52. The first-order valence-electron chi connectivity index (χ1n) is 7.78. The number of nitrogens with zero attached hydrogens (tertiary/aromatic N) is 2. The van der Waals surface area contributed by atoms with Gasteiger partial charge in [-0.15, -0.1) is 11.3 Å². The number of hydrogen-bond acceptors (Lipinski definition) is 3. The van der Waals surface area contributed by atoms with Crippen LogP contribution in [-0.4, -0.2) is 32.1 Å². The molecule has 2 aromatic heterocycles. The summed E-state index contributed by atoms with van der Waals surface area (Å²) in [6, 6.07) is 12.1. The van der Waals surface area contributed by atoms with E-state index in [-0.39, 0.29) is 6.54 Å². The highest BCUT2D eigenvalue weighted by Gasteiger charge is 2.28. The van der Waals surface area contributed by atoms with Crippen LogP contribution in [-0.2, 0) is 24.3 Å². The van der Waals surface area contributed by atoms with E-state index >= 15 is 0 Å². The lowest BCUT2D eigenvalue weighted by atomic mass is 10.0. The van der Waals surface area contributed by atoms with E-state index in [1.807, 2.05) is 28.8 Å². The van der Waals surface area contributed by atoms with Crippen LogP contribution in [0.15, 0.2) is 41.8 Å². The van der Waals surface area contributed by atoms with Gasteiger partial charge in [0.05, 0.1) is 12.2 Å². The van der Waals surface area contributed by atoms with Crippen molar-refractivity contribution in [3.63, 3.8) is 0 Å². The number of fused-ring (bicyclic) bond motifs is 3. The van der Waals surface area contributed by atoms with Crippen LogP contribution in [0.1, 0.15) is 16.1 Å². The van der Waals surface area contributed by atoms with Crippen molar-refractivity contribution in [1.82, 2.24) is 9.47 Å². The average molecular weight is 356 g/mol. The van der Waals surface area contributed by atoms with E-state index in [1.54, 1.807) is 11.3 Å². The van der Waals surface area contributed by atoms with Gasteiger partial charge in [-0.25, -0.2) is 0 Å². The quantitative estimate of drug-likeness (QED) is 0.727. The molecule has 0 bridgehead atoms. The van der Waals surface area contributed by atoms with Crippen LogP contribution in [0.3, 0.4) is 0 Å². The van der Waals surface area contributed by atoms with Crippen molar-refractivity contribution in [2.75, 3.05) is 6.54 Å². The number of thiophene rings is 1. The topological polar surface area (TPSA) is 45.5 Å². The molecule has 1 aromatic carbocycles. The molecule has 0 unspecified atom stereocenters. The molecule has 24 heavy (non-hydrogen) atoms. The zero-order valence-electron chi connectivity index (χ0n) is 12.9. The minimum absolute atomic E-state index is 0.0666. The summed E-state index contributed by atoms with van der Waals surface area (Å²) in [4.78, 5) is 15.6. The maximum absolute atomic E-state index is 11.4. The van der Waals surface area contributed by atoms with Crippen LogP contribution in [0, 0.1) is 0 Å². The highest BCUT2D eigenvalue weighted by Crippen LogP contribution is 2.32. The maximum Gasteiger partial charge on any atom is 0.323 e. The first kappa shape index (κ1) is 15.4. The Kier molecular flexibility index (Phi) is 3.86. The summed E-state index contributed by atoms with van der Waals surface area (Å²) in [5, 5.41) is 12.5. The van der Waals surface area contributed by atoms with Gasteiger partial charge in [0.25, 0.3) is 0 Å². The molecule has 0 spiro atoms. The highest BCUT2D eigenvalue weighted by atomic mass is 32.1. The molecule has 1 aliphatic rings. The van der Waals surface area contributed by atoms with Crippen LogP contribution in [0.25, 0.3) is 10.9 Å². The Morgan fingerprint density at radius 3 is 2.83 bits per heavy atom. The molecule has 0 saturated carbocycles. The summed E-state index contributed by atoms with van der Waals surface area (Å²) >= 11 is 7.47. The first-order valence-corrected chi connectivity index (χ1v) is 9.07. The molecule has 122 valence electrons. The van der Waals surface area contributed by atoms with Gasteiger partial charge in [0.2, 0.25) is 0 Å². The van der Waals surface area contributed by atoms with Crippen molar-refractivity contribution in [3.8, 4) is 0 Å². The van der Waals surface area contributed by atoms with Gasteiger partial charge in [0.15, 0.2) is 0 Å². The van der Waals surface area contributed by atoms with Crippen molar-refractivity contribution < 1.29 is 9.90 Å². The number of para-hydroxylation sites is 1. The third-order valence-corrected chi connectivity index (χ3v) is 5.73. The second-order valence-electron chi connectivity index (χ2n) is 5.88. The smallest absolute Gasteiger partial charge is 0.323 e. The number of benzene rings is 1. The number of thiocarbonyl (C=S) groups is 1. The predicted octanol–water partition coefficient (Wildman–Crippen LogP) is 3.52. The van der Waals surface area contributed by atoms with Gasteiger partial charge in [-0.3, -0.25) is 4.79 Å². The number of carboxylic acids is 1. The van der Waals surface area contributed by atoms with Crippen LogP contribution in [0.2, 0.25) is 0 Å². The van der Waals surface area contributed by atoms with Gasteiger partial charge in [0.1, 0.15) is 11.5 Å². The molecule has 0 atom stereocenters. The largest absolute Gasteiger partial charge is 0.480 e. The van der Waals surface area contributed by atoms with Gasteiger partial charge < -0.3 is 14.6 Å². The molecule has 6 heteroatoms. The van der Waals surface area contributed by atoms with Crippen molar-refractivity contribution in [3.05, 3.63) is 57.9 Å². The van der Waals surface area contributed by atoms with E-state index in [0.717, 1.165) is 41.1 Å². The first-order chi connectivity index (χ1) is 11.6. The summed E-state index contributed by atoms with van der Waals surface area (Å²) in [5.74, 6) is -0.850. The fraction of sp³-hybridized carbons (Fsp3) is 0.222. The van der Waals surface area contributed by atoms with E-state index in [2.05, 4.69) is 22.4 Å². The van der Waals surface area contributed by atoms with E-state index in [0.29, 0.717) is 0 Å². The Morgan fingerprint density at radius 1 is 1.25 bits per heavy atom. The molecule has 4 nitrogen and oxygen atoms in total. The SMILES string of the molecule is O=C(O)Cn1c2c(c3ccccc31)CCN(Cc1cccs1)C2=S. The lowest BCUT2D eigenvalue weighted by molar-refractivity contribution is -0.137. The molecule has 0 saturated heterocycles. The van der Waals surface area contributed by atoms with Crippen LogP contribution >= 0.6 is 23.6 Å². The monoisotopic (exact) mass is 356 g/mol. The summed E-state index contributed by atoms with van der Waals surface area (Å²) in [6.45, 7) is 1.58. The molecular formula is C18H16N2O2S2. The maximum atomic E-state index is 11.4. The van der Waals surface area contributed by atoms with Crippen molar-refractivity contribution in [2.45, 2.75) is 19.5 Å². The average Bonchev–Trinajstić information content (AvgIpc) is 3.17. The van der Waals surface area contributed by atoms with Crippen LogP contribution in [0.4, 0.5) is 0 Å². The molecule has 0 amide bonds. The second-order valence-corrected chi connectivity index (χ2v) is 7.30. The number of aromatic nitrogens is 1. The molecule has 1 aliphatic heterocycles. The van der Waals surface area contributed by atoms with Crippen molar-refractivity contribution in [2.24, 2.45) is 0 Å². The molecule has 3 heterocycles. The molecule has 0 aliphatic carbocycles. The molecule has 1 N–H and O–H groups in total. The summed E-state index contributed by atoms with van der Waals surface area (Å²) < 4.78 is 1.86. The number of hydrogen-bond donors (Lipinski definition) is 1. The Bertz CT molecular complexity index is 928. The van der Waals surface area contributed by atoms with E-state index in [1.165, 1.54) is 10.4 Å². The molecule has 0 fully saturated rings. The standard InChI is InChI=1S/C18H16N2O2S2/c21-16(22)11-20-15-6-2-1-5-13(15)14-7-8-19(18(23)17(14)20)10-12-4-3-9-24-12/h1-6,9H,7-8,10-11H2,(H,21,22). The van der Waals surface area contributed by atoms with E-state index in [9.17, 15) is 9.90 Å². The molecule has 3 aromatic rings. The molecule has 4 rings (SSSR count). The van der Waals surface area contributed by atoms with Crippen molar-refractivity contribution in [1.29, 1.82) is 0 Å². The summed E-state index contributed by atoms with van der Waals surface area (Å²) in [6.07, 6.45) is 0.883. The van der Waals surface area contributed by atoms with E-state index < -0.39 is 5.97 Å². The van der Waals surface area contributed by atoms with Gasteiger partial charge in [-0.1, -0.05) is 36.5 Å². The Labute approximate surface area is 148 Å². The van der Waals surface area contributed by atoms with E-state index in [4.69, 9.17) is 12.2 Å². The third-order valence-electron chi connectivity index (χ3n) is 4.42. The van der Waals surface area contributed by atoms with Crippen LogP contribution in [0.5, 0.6) is 0 Å². The number of carbonyl (C=O) groups is 1. The second kappa shape index (κ2) is 6.03. The lowest BCUT2D eigenvalue weighted by Crippen LogP contribution is -2.37. The van der Waals surface area contributed by atoms with Gasteiger partial charge in [-0.05, 0) is 29.5 Å². The fourth-order valence-electron chi connectivity index (χ4n) is 3.41. The van der Waals surface area contributed by atoms with Crippen molar-refractivity contribution >= 4 is 45.4 Å². The Balaban J connectivity index is 1.80. The van der Waals surface area contributed by atoms with Gasteiger partial charge in [0, 0.05) is 22.3 Å². The highest BCUT2D eigenvalue weighted by molar-refractivity contribution is 7.80. The van der Waals surface area contributed by atoms with Crippen LogP contribution < -0.4 is 0 Å². The molecular weight excluding hydrogens is 340 g/mol. The Hall–Kier alpha value is -2.18.